The molecular formula is C12H18N2OS. The van der Waals surface area contributed by atoms with Crippen LogP contribution >= 0.6 is 11.3 Å². The number of carbonyl (C=O) groups excluding carboxylic acids is 1. The van der Waals surface area contributed by atoms with E-state index in [0.29, 0.717) is 17.2 Å². The molecule has 0 radical (unpaired) electrons. The van der Waals surface area contributed by atoms with Crippen molar-refractivity contribution in [3.8, 4) is 0 Å². The summed E-state index contributed by atoms with van der Waals surface area (Å²) in [5.41, 5.74) is 2.69. The summed E-state index contributed by atoms with van der Waals surface area (Å²) in [5, 5.41) is 4.86. The van der Waals surface area contributed by atoms with E-state index < -0.39 is 0 Å². The fourth-order valence-electron chi connectivity index (χ4n) is 2.13. The first-order chi connectivity index (χ1) is 7.57. The summed E-state index contributed by atoms with van der Waals surface area (Å²) >= 11 is 1.46. The van der Waals surface area contributed by atoms with Gasteiger partial charge in [0.2, 0.25) is 0 Å². The van der Waals surface area contributed by atoms with Gasteiger partial charge >= 0.3 is 0 Å². The van der Waals surface area contributed by atoms with Crippen molar-refractivity contribution in [3.05, 3.63) is 16.6 Å². The fraction of sp³-hybridized carbons (Fsp3) is 0.667. The summed E-state index contributed by atoms with van der Waals surface area (Å²) in [5.74, 6) is -0.0223. The van der Waals surface area contributed by atoms with Gasteiger partial charge in [-0.3, -0.25) is 4.79 Å². The van der Waals surface area contributed by atoms with E-state index in [1.54, 1.807) is 10.9 Å². The van der Waals surface area contributed by atoms with Crippen LogP contribution in [0.3, 0.4) is 0 Å². The molecule has 0 saturated heterocycles. The highest BCUT2D eigenvalue weighted by atomic mass is 32.1. The van der Waals surface area contributed by atoms with E-state index in [9.17, 15) is 4.79 Å². The van der Waals surface area contributed by atoms with Crippen molar-refractivity contribution in [2.24, 2.45) is 5.41 Å². The molecule has 1 saturated carbocycles. The van der Waals surface area contributed by atoms with E-state index in [1.165, 1.54) is 24.2 Å². The van der Waals surface area contributed by atoms with Gasteiger partial charge in [-0.25, -0.2) is 4.98 Å². The van der Waals surface area contributed by atoms with Gasteiger partial charge in [-0.1, -0.05) is 13.8 Å². The molecule has 1 heterocycles. The van der Waals surface area contributed by atoms with E-state index >= 15 is 0 Å². The fourth-order valence-corrected chi connectivity index (χ4v) is 2.66. The van der Waals surface area contributed by atoms with Crippen molar-refractivity contribution in [1.82, 2.24) is 10.3 Å². The first kappa shape index (κ1) is 11.6. The molecule has 0 aliphatic heterocycles. The number of thiazole rings is 1. The van der Waals surface area contributed by atoms with Gasteiger partial charge in [-0.2, -0.15) is 0 Å². The Morgan fingerprint density at radius 3 is 2.75 bits per heavy atom. The first-order valence-corrected chi connectivity index (χ1v) is 6.70. The van der Waals surface area contributed by atoms with E-state index in [0.717, 1.165) is 12.8 Å². The van der Waals surface area contributed by atoms with E-state index in [4.69, 9.17) is 0 Å². The molecule has 0 unspecified atom stereocenters. The van der Waals surface area contributed by atoms with Crippen molar-refractivity contribution in [1.29, 1.82) is 0 Å². The zero-order chi connectivity index (χ0) is 11.6. The Bertz CT molecular complexity index is 349. The molecule has 1 amide bonds. The number of aromatic nitrogens is 1. The second kappa shape index (κ2) is 4.53. The van der Waals surface area contributed by atoms with Gasteiger partial charge in [0.05, 0.1) is 5.51 Å². The third kappa shape index (κ3) is 2.82. The topological polar surface area (TPSA) is 42.0 Å². The van der Waals surface area contributed by atoms with Crippen LogP contribution in [0, 0.1) is 5.41 Å². The minimum Gasteiger partial charge on any atom is -0.348 e. The molecule has 0 atom stereocenters. The number of nitrogens with one attached hydrogen (secondary N) is 1. The Hall–Kier alpha value is -0.900. The summed E-state index contributed by atoms with van der Waals surface area (Å²) in [6.45, 7) is 4.59. The van der Waals surface area contributed by atoms with Crippen LogP contribution in [0.15, 0.2) is 10.9 Å². The van der Waals surface area contributed by atoms with Crippen LogP contribution in [0.4, 0.5) is 0 Å². The zero-order valence-electron chi connectivity index (χ0n) is 9.82. The van der Waals surface area contributed by atoms with Gasteiger partial charge in [0.25, 0.3) is 5.91 Å². The van der Waals surface area contributed by atoms with Crippen LogP contribution in [-0.2, 0) is 0 Å². The van der Waals surface area contributed by atoms with Crippen molar-refractivity contribution >= 4 is 17.2 Å². The predicted octanol–water partition coefficient (Wildman–Crippen LogP) is 2.84. The zero-order valence-corrected chi connectivity index (χ0v) is 10.6. The van der Waals surface area contributed by atoms with Crippen LogP contribution in [-0.4, -0.2) is 16.9 Å². The maximum Gasteiger partial charge on any atom is 0.270 e. The van der Waals surface area contributed by atoms with Crippen LogP contribution in [0.25, 0.3) is 0 Å². The lowest BCUT2D eigenvalue weighted by molar-refractivity contribution is 0.0904. The largest absolute Gasteiger partial charge is 0.348 e. The molecule has 2 rings (SSSR count). The Morgan fingerprint density at radius 2 is 2.19 bits per heavy atom. The molecule has 0 spiro atoms. The summed E-state index contributed by atoms with van der Waals surface area (Å²) < 4.78 is 0. The average molecular weight is 238 g/mol. The normalized spacial score (nSPS) is 20.6. The minimum absolute atomic E-state index is 0.0223. The predicted molar refractivity (Wildman–Crippen MR) is 65.6 cm³/mol. The van der Waals surface area contributed by atoms with Crippen LogP contribution in [0.1, 0.15) is 50.0 Å². The smallest absolute Gasteiger partial charge is 0.270 e. The SMILES string of the molecule is CC1(C)CCC(NC(=O)c2cscn2)CC1. The highest BCUT2D eigenvalue weighted by Crippen LogP contribution is 2.34. The maximum atomic E-state index is 11.8. The molecule has 1 aromatic rings. The van der Waals surface area contributed by atoms with Gasteiger partial charge in [-0.15, -0.1) is 11.3 Å². The Labute approximate surface area is 100 Å². The van der Waals surface area contributed by atoms with Gasteiger partial charge < -0.3 is 5.32 Å². The molecule has 1 fully saturated rings. The molecule has 0 bridgehead atoms. The standard InChI is InChI=1S/C12H18N2OS/c1-12(2)5-3-9(4-6-12)14-11(15)10-7-16-8-13-10/h7-9H,3-6H2,1-2H3,(H,14,15). The van der Waals surface area contributed by atoms with E-state index in [2.05, 4.69) is 24.1 Å². The molecule has 4 heteroatoms. The Kier molecular flexibility index (Phi) is 3.28. The van der Waals surface area contributed by atoms with Crippen molar-refractivity contribution in [2.45, 2.75) is 45.6 Å². The third-order valence-electron chi connectivity index (χ3n) is 3.34. The van der Waals surface area contributed by atoms with Gasteiger partial charge in [-0.05, 0) is 31.1 Å². The Morgan fingerprint density at radius 1 is 1.50 bits per heavy atom. The lowest BCUT2D eigenvalue weighted by Gasteiger charge is -2.34. The second-order valence-electron chi connectivity index (χ2n) is 5.29. The Balaban J connectivity index is 1.85. The summed E-state index contributed by atoms with van der Waals surface area (Å²) in [7, 11) is 0. The first-order valence-electron chi connectivity index (χ1n) is 5.76. The van der Waals surface area contributed by atoms with Crippen LogP contribution in [0.2, 0.25) is 0 Å². The minimum atomic E-state index is -0.0223. The molecule has 1 N–H and O–H groups in total. The number of hydrogen-bond acceptors (Lipinski definition) is 3. The quantitative estimate of drug-likeness (QED) is 0.861. The van der Waals surface area contributed by atoms with Gasteiger partial charge in [0.15, 0.2) is 0 Å². The van der Waals surface area contributed by atoms with E-state index in [1.807, 2.05) is 0 Å². The molecule has 88 valence electrons. The molecule has 1 aromatic heterocycles. The van der Waals surface area contributed by atoms with Crippen molar-refractivity contribution in [3.63, 3.8) is 0 Å². The number of hydrogen-bond donors (Lipinski definition) is 1. The molecule has 3 nitrogen and oxygen atoms in total. The summed E-state index contributed by atoms with van der Waals surface area (Å²) in [4.78, 5) is 15.8. The number of rotatable bonds is 2. The summed E-state index contributed by atoms with van der Waals surface area (Å²) in [6.07, 6.45) is 4.55. The average Bonchev–Trinajstić information content (AvgIpc) is 2.74. The highest BCUT2D eigenvalue weighted by Gasteiger charge is 2.27. The number of nitrogens with zero attached hydrogens (tertiary/aromatic N) is 1. The summed E-state index contributed by atoms with van der Waals surface area (Å²) in [6, 6.07) is 0.335. The van der Waals surface area contributed by atoms with E-state index in [-0.39, 0.29) is 5.91 Å². The molecule has 0 aromatic carbocycles. The molecule has 1 aliphatic rings. The van der Waals surface area contributed by atoms with Crippen molar-refractivity contribution < 1.29 is 4.79 Å². The monoisotopic (exact) mass is 238 g/mol. The van der Waals surface area contributed by atoms with Gasteiger partial charge in [0, 0.05) is 11.4 Å². The van der Waals surface area contributed by atoms with Crippen molar-refractivity contribution in [2.75, 3.05) is 0 Å². The maximum absolute atomic E-state index is 11.8. The lowest BCUT2D eigenvalue weighted by Crippen LogP contribution is -2.39. The van der Waals surface area contributed by atoms with Crippen LogP contribution < -0.4 is 5.32 Å². The molecule has 16 heavy (non-hydrogen) atoms. The third-order valence-corrected chi connectivity index (χ3v) is 3.93. The highest BCUT2D eigenvalue weighted by molar-refractivity contribution is 7.07. The lowest BCUT2D eigenvalue weighted by atomic mass is 9.75. The number of amides is 1. The van der Waals surface area contributed by atoms with Crippen LogP contribution in [0.5, 0.6) is 0 Å². The molecule has 1 aliphatic carbocycles. The number of carbonyl (C=O) groups is 1. The molecular weight excluding hydrogens is 220 g/mol. The second-order valence-corrected chi connectivity index (χ2v) is 6.00. The van der Waals surface area contributed by atoms with Gasteiger partial charge in [0.1, 0.15) is 5.69 Å².